The zero-order valence-electron chi connectivity index (χ0n) is 17.4. The molecule has 1 aliphatic rings. The molecule has 0 unspecified atom stereocenters. The van der Waals surface area contributed by atoms with Crippen LogP contribution in [0.4, 0.5) is 10.2 Å². The van der Waals surface area contributed by atoms with Crippen LogP contribution >= 0.6 is 0 Å². The van der Waals surface area contributed by atoms with Crippen molar-refractivity contribution in [2.45, 2.75) is 13.8 Å². The molecule has 0 bridgehead atoms. The van der Waals surface area contributed by atoms with Gasteiger partial charge in [0.15, 0.2) is 11.4 Å². The van der Waals surface area contributed by atoms with Crippen molar-refractivity contribution in [3.63, 3.8) is 0 Å². The van der Waals surface area contributed by atoms with Gasteiger partial charge in [0, 0.05) is 43.5 Å². The molecule has 5 rings (SSSR count). The van der Waals surface area contributed by atoms with Crippen molar-refractivity contribution in [1.82, 2.24) is 19.5 Å². The van der Waals surface area contributed by atoms with Crippen LogP contribution in [0.1, 0.15) is 21.6 Å². The first kappa shape index (κ1) is 19.3. The van der Waals surface area contributed by atoms with Crippen molar-refractivity contribution in [1.29, 1.82) is 0 Å². The standard InChI is InChI=1S/C23H22FN5O2/c1-15-16(2)25-21-14-19(20-8-5-13-31-20)26-29(21)22(15)27-9-11-28(12-10-27)23(30)17-6-3-4-7-18(17)24/h3-8,13-14H,9-12H2,1-2H3. The van der Waals surface area contributed by atoms with Crippen LogP contribution in [0.2, 0.25) is 0 Å². The van der Waals surface area contributed by atoms with Gasteiger partial charge in [-0.15, -0.1) is 0 Å². The van der Waals surface area contributed by atoms with Gasteiger partial charge in [0.25, 0.3) is 5.91 Å². The van der Waals surface area contributed by atoms with E-state index in [9.17, 15) is 9.18 Å². The third-order valence-corrected chi connectivity index (χ3v) is 5.80. The molecular weight excluding hydrogens is 397 g/mol. The first-order valence-corrected chi connectivity index (χ1v) is 10.2. The molecule has 0 radical (unpaired) electrons. The van der Waals surface area contributed by atoms with Gasteiger partial charge in [0.05, 0.1) is 11.8 Å². The topological polar surface area (TPSA) is 66.9 Å². The number of amides is 1. The molecule has 1 saturated heterocycles. The molecular formula is C23H22FN5O2. The number of anilines is 1. The average molecular weight is 419 g/mol. The number of rotatable bonds is 3. The highest BCUT2D eigenvalue weighted by Gasteiger charge is 2.27. The highest BCUT2D eigenvalue weighted by Crippen LogP contribution is 2.28. The second-order valence-electron chi connectivity index (χ2n) is 7.68. The Hall–Kier alpha value is -3.68. The van der Waals surface area contributed by atoms with Crippen molar-refractivity contribution in [3.8, 4) is 11.5 Å². The molecule has 4 heterocycles. The van der Waals surface area contributed by atoms with Crippen molar-refractivity contribution in [2.75, 3.05) is 31.1 Å². The van der Waals surface area contributed by atoms with E-state index < -0.39 is 5.82 Å². The van der Waals surface area contributed by atoms with Crippen molar-refractivity contribution >= 4 is 17.4 Å². The Morgan fingerprint density at radius 3 is 2.55 bits per heavy atom. The van der Waals surface area contributed by atoms with Gasteiger partial charge in [-0.2, -0.15) is 9.61 Å². The van der Waals surface area contributed by atoms with Gasteiger partial charge in [-0.25, -0.2) is 9.37 Å². The van der Waals surface area contributed by atoms with Gasteiger partial charge in [-0.1, -0.05) is 12.1 Å². The molecule has 0 aliphatic carbocycles. The summed E-state index contributed by atoms with van der Waals surface area (Å²) in [6.07, 6.45) is 1.62. The van der Waals surface area contributed by atoms with E-state index in [4.69, 9.17) is 9.52 Å². The van der Waals surface area contributed by atoms with Crippen molar-refractivity contribution in [2.24, 2.45) is 0 Å². The third kappa shape index (κ3) is 3.34. The Balaban J connectivity index is 1.43. The first-order chi connectivity index (χ1) is 15.0. The Morgan fingerprint density at radius 2 is 1.84 bits per heavy atom. The monoisotopic (exact) mass is 419 g/mol. The highest BCUT2D eigenvalue weighted by atomic mass is 19.1. The number of carbonyl (C=O) groups is 1. The second kappa shape index (κ2) is 7.54. The van der Waals surface area contributed by atoms with E-state index >= 15 is 0 Å². The van der Waals surface area contributed by atoms with E-state index in [2.05, 4.69) is 9.88 Å². The Morgan fingerprint density at radius 1 is 1.06 bits per heavy atom. The largest absolute Gasteiger partial charge is 0.463 e. The molecule has 31 heavy (non-hydrogen) atoms. The van der Waals surface area contributed by atoms with Gasteiger partial charge in [-0.3, -0.25) is 4.79 Å². The molecule has 0 N–H and O–H groups in total. The fourth-order valence-electron chi connectivity index (χ4n) is 4.03. The maximum Gasteiger partial charge on any atom is 0.256 e. The van der Waals surface area contributed by atoms with Gasteiger partial charge in [0.2, 0.25) is 0 Å². The summed E-state index contributed by atoms with van der Waals surface area (Å²) in [5.74, 6) is 0.884. The van der Waals surface area contributed by atoms with Gasteiger partial charge < -0.3 is 14.2 Å². The molecule has 158 valence electrons. The van der Waals surface area contributed by atoms with E-state index in [1.165, 1.54) is 12.1 Å². The van der Waals surface area contributed by atoms with E-state index in [-0.39, 0.29) is 11.5 Å². The lowest BCUT2D eigenvalue weighted by molar-refractivity contribution is 0.0741. The zero-order chi connectivity index (χ0) is 21.5. The van der Waals surface area contributed by atoms with Crippen LogP contribution in [-0.2, 0) is 0 Å². The van der Waals surface area contributed by atoms with E-state index in [1.807, 2.05) is 36.6 Å². The molecule has 1 aromatic carbocycles. The SMILES string of the molecule is Cc1nc2cc(-c3ccco3)nn2c(N2CCN(C(=O)c3ccccc3F)CC2)c1C. The number of halogens is 1. The number of carbonyl (C=O) groups excluding carboxylic acids is 1. The smallest absolute Gasteiger partial charge is 0.256 e. The number of hydrogen-bond acceptors (Lipinski definition) is 5. The number of piperazine rings is 1. The quantitative estimate of drug-likeness (QED) is 0.507. The molecule has 8 heteroatoms. The summed E-state index contributed by atoms with van der Waals surface area (Å²) in [6, 6.07) is 11.7. The van der Waals surface area contributed by atoms with Crippen LogP contribution in [0.25, 0.3) is 17.1 Å². The average Bonchev–Trinajstić information content (AvgIpc) is 3.45. The number of furan rings is 1. The lowest BCUT2D eigenvalue weighted by Crippen LogP contribution is -2.49. The molecule has 7 nitrogen and oxygen atoms in total. The summed E-state index contributed by atoms with van der Waals surface area (Å²) >= 11 is 0. The number of nitrogens with zero attached hydrogens (tertiary/aromatic N) is 5. The summed E-state index contributed by atoms with van der Waals surface area (Å²) in [5, 5.41) is 4.73. The number of fused-ring (bicyclic) bond motifs is 1. The van der Waals surface area contributed by atoms with Crippen LogP contribution in [0, 0.1) is 19.7 Å². The van der Waals surface area contributed by atoms with Crippen molar-refractivity contribution in [3.05, 3.63) is 71.4 Å². The van der Waals surface area contributed by atoms with Crippen molar-refractivity contribution < 1.29 is 13.6 Å². The molecule has 3 aromatic heterocycles. The fraction of sp³-hybridized carbons (Fsp3) is 0.261. The predicted octanol–water partition coefficient (Wildman–Crippen LogP) is 3.71. The third-order valence-electron chi connectivity index (χ3n) is 5.80. The zero-order valence-corrected chi connectivity index (χ0v) is 17.4. The van der Waals surface area contributed by atoms with E-state index in [0.717, 1.165) is 28.4 Å². The Labute approximate surface area is 178 Å². The van der Waals surface area contributed by atoms with Gasteiger partial charge in [0.1, 0.15) is 17.3 Å². The predicted molar refractivity (Wildman–Crippen MR) is 115 cm³/mol. The maximum absolute atomic E-state index is 14.0. The Kier molecular flexibility index (Phi) is 4.69. The number of benzene rings is 1. The van der Waals surface area contributed by atoms with Crippen LogP contribution < -0.4 is 4.90 Å². The number of aromatic nitrogens is 3. The maximum atomic E-state index is 14.0. The molecule has 1 fully saturated rings. The van der Waals surface area contributed by atoms with Gasteiger partial charge in [-0.05, 0) is 38.1 Å². The lowest BCUT2D eigenvalue weighted by atomic mass is 10.1. The lowest BCUT2D eigenvalue weighted by Gasteiger charge is -2.36. The second-order valence-corrected chi connectivity index (χ2v) is 7.68. The minimum Gasteiger partial charge on any atom is -0.463 e. The van der Waals surface area contributed by atoms with Crippen LogP contribution in [-0.4, -0.2) is 51.6 Å². The summed E-state index contributed by atoms with van der Waals surface area (Å²) in [4.78, 5) is 21.4. The summed E-state index contributed by atoms with van der Waals surface area (Å²) in [7, 11) is 0. The summed E-state index contributed by atoms with van der Waals surface area (Å²) in [6.45, 7) is 6.26. The van der Waals surface area contributed by atoms with Crippen LogP contribution in [0.5, 0.6) is 0 Å². The molecule has 1 amide bonds. The highest BCUT2D eigenvalue weighted by molar-refractivity contribution is 5.94. The number of aryl methyl sites for hydroxylation is 1. The molecule has 0 spiro atoms. The van der Waals surface area contributed by atoms with E-state index in [0.29, 0.717) is 31.9 Å². The minimum absolute atomic E-state index is 0.115. The fourth-order valence-corrected chi connectivity index (χ4v) is 4.03. The molecule has 0 saturated carbocycles. The van der Waals surface area contributed by atoms with E-state index in [1.54, 1.807) is 23.3 Å². The molecule has 1 aliphatic heterocycles. The Bertz CT molecular complexity index is 1260. The molecule has 0 atom stereocenters. The first-order valence-electron chi connectivity index (χ1n) is 10.2. The normalized spacial score (nSPS) is 14.4. The van der Waals surface area contributed by atoms with Crippen LogP contribution in [0.3, 0.4) is 0 Å². The summed E-state index contributed by atoms with van der Waals surface area (Å²) < 4.78 is 21.4. The molecule has 4 aromatic rings. The number of hydrogen-bond donors (Lipinski definition) is 0. The van der Waals surface area contributed by atoms with Crippen LogP contribution in [0.15, 0.2) is 53.1 Å². The minimum atomic E-state index is -0.487. The van der Waals surface area contributed by atoms with Gasteiger partial charge >= 0.3 is 0 Å². The summed E-state index contributed by atoms with van der Waals surface area (Å²) in [5.41, 5.74) is 3.55.